The van der Waals surface area contributed by atoms with Crippen LogP contribution in [0, 0.1) is 5.82 Å². The molecule has 2 aliphatic heterocycles. The molecule has 3 atom stereocenters. The van der Waals surface area contributed by atoms with E-state index in [0.717, 1.165) is 19.7 Å². The van der Waals surface area contributed by atoms with Crippen molar-refractivity contribution in [3.8, 4) is 0 Å². The lowest BCUT2D eigenvalue weighted by Gasteiger charge is -2.37. The summed E-state index contributed by atoms with van der Waals surface area (Å²) in [5.41, 5.74) is 6.72. The average molecular weight is 250 g/mol. The molecule has 3 rings (SSSR count). The van der Waals surface area contributed by atoms with E-state index in [1.54, 1.807) is 12.1 Å². The zero-order chi connectivity index (χ0) is 12.5. The molecule has 4 heteroatoms. The van der Waals surface area contributed by atoms with Crippen molar-refractivity contribution in [3.63, 3.8) is 0 Å². The Balaban J connectivity index is 1.73. The van der Waals surface area contributed by atoms with E-state index in [-0.39, 0.29) is 18.0 Å². The van der Waals surface area contributed by atoms with E-state index in [0.29, 0.717) is 11.6 Å². The van der Waals surface area contributed by atoms with Gasteiger partial charge in [0.05, 0.1) is 18.8 Å². The smallest absolute Gasteiger partial charge is 0.128 e. The molecule has 1 aromatic carbocycles. The molecule has 3 unspecified atom stereocenters. The van der Waals surface area contributed by atoms with Crippen LogP contribution in [0.1, 0.15) is 24.4 Å². The minimum Gasteiger partial charge on any atom is -0.373 e. The van der Waals surface area contributed by atoms with Crippen LogP contribution >= 0.6 is 0 Å². The van der Waals surface area contributed by atoms with Crippen molar-refractivity contribution in [3.05, 3.63) is 35.6 Å². The zero-order valence-electron chi connectivity index (χ0n) is 10.4. The van der Waals surface area contributed by atoms with Gasteiger partial charge in [0, 0.05) is 18.2 Å². The lowest BCUT2D eigenvalue weighted by atomic mass is 10.00. The van der Waals surface area contributed by atoms with Gasteiger partial charge < -0.3 is 10.5 Å². The molecule has 0 amide bonds. The number of hydrogen-bond acceptors (Lipinski definition) is 3. The Morgan fingerprint density at radius 1 is 1.39 bits per heavy atom. The lowest BCUT2D eigenvalue weighted by Crippen LogP contribution is -2.49. The predicted octanol–water partition coefficient (Wildman–Crippen LogP) is 1.69. The molecule has 0 radical (unpaired) electrons. The number of fused-ring (bicyclic) bond motifs is 1. The number of hydrogen-bond donors (Lipinski definition) is 1. The average Bonchev–Trinajstić information content (AvgIpc) is 2.85. The van der Waals surface area contributed by atoms with Crippen LogP contribution in [0.5, 0.6) is 0 Å². The van der Waals surface area contributed by atoms with Gasteiger partial charge in [-0.3, -0.25) is 4.90 Å². The summed E-state index contributed by atoms with van der Waals surface area (Å²) in [6.45, 7) is 2.67. The summed E-state index contributed by atoms with van der Waals surface area (Å²) in [7, 11) is 0. The van der Waals surface area contributed by atoms with E-state index in [4.69, 9.17) is 10.5 Å². The van der Waals surface area contributed by atoms with Crippen molar-refractivity contribution in [1.82, 2.24) is 4.90 Å². The second kappa shape index (κ2) is 4.96. The highest BCUT2D eigenvalue weighted by atomic mass is 19.1. The minimum atomic E-state index is -0.382. The summed E-state index contributed by atoms with van der Waals surface area (Å²) in [5, 5.41) is 0. The van der Waals surface area contributed by atoms with Crippen molar-refractivity contribution in [2.24, 2.45) is 5.73 Å². The highest BCUT2D eigenvalue weighted by Crippen LogP contribution is 2.28. The number of ether oxygens (including phenoxy) is 1. The van der Waals surface area contributed by atoms with Crippen LogP contribution in [0.2, 0.25) is 0 Å². The maximum atomic E-state index is 13.7. The molecule has 0 saturated carbocycles. The van der Waals surface area contributed by atoms with Crippen LogP contribution in [0.25, 0.3) is 0 Å². The lowest BCUT2D eigenvalue weighted by molar-refractivity contribution is -0.0601. The molecule has 3 nitrogen and oxygen atoms in total. The van der Waals surface area contributed by atoms with Gasteiger partial charge >= 0.3 is 0 Å². The monoisotopic (exact) mass is 250 g/mol. The molecule has 2 N–H and O–H groups in total. The molecule has 0 bridgehead atoms. The summed E-state index contributed by atoms with van der Waals surface area (Å²) in [6.07, 6.45) is 2.34. The summed E-state index contributed by atoms with van der Waals surface area (Å²) < 4.78 is 19.5. The van der Waals surface area contributed by atoms with Gasteiger partial charge in [0.1, 0.15) is 5.82 Å². The Hall–Kier alpha value is -0.970. The number of halogens is 1. The Labute approximate surface area is 107 Å². The molecule has 18 heavy (non-hydrogen) atoms. The third kappa shape index (κ3) is 2.16. The third-order valence-corrected chi connectivity index (χ3v) is 4.08. The number of nitrogens with two attached hydrogens (primary N) is 1. The van der Waals surface area contributed by atoms with Gasteiger partial charge in [-0.1, -0.05) is 18.2 Å². The molecular weight excluding hydrogens is 231 g/mol. The minimum absolute atomic E-state index is 0.101. The fraction of sp³-hybridized carbons (Fsp3) is 0.571. The molecule has 1 aromatic rings. The first-order valence-electron chi connectivity index (χ1n) is 6.61. The first-order chi connectivity index (χ1) is 8.75. The third-order valence-electron chi connectivity index (χ3n) is 4.08. The molecule has 0 spiro atoms. The fourth-order valence-corrected chi connectivity index (χ4v) is 3.01. The van der Waals surface area contributed by atoms with E-state index < -0.39 is 0 Å². The summed E-state index contributed by atoms with van der Waals surface area (Å²) in [6, 6.07) is 6.88. The summed E-state index contributed by atoms with van der Waals surface area (Å²) in [5.74, 6) is -0.239. The van der Waals surface area contributed by atoms with Crippen molar-refractivity contribution in [2.45, 2.75) is 31.0 Å². The van der Waals surface area contributed by atoms with E-state index in [2.05, 4.69) is 4.90 Å². The summed E-state index contributed by atoms with van der Waals surface area (Å²) in [4.78, 5) is 2.43. The van der Waals surface area contributed by atoms with Crippen LogP contribution in [0.3, 0.4) is 0 Å². The maximum Gasteiger partial charge on any atom is 0.128 e. The first-order valence-corrected chi connectivity index (χ1v) is 6.61. The SMILES string of the molecule is NC(c1ccccc1F)C1CN2CCCC2CO1. The van der Waals surface area contributed by atoms with Crippen LogP contribution in [0.4, 0.5) is 4.39 Å². The highest BCUT2D eigenvalue weighted by Gasteiger charge is 2.35. The van der Waals surface area contributed by atoms with Crippen molar-refractivity contribution < 1.29 is 9.13 Å². The molecule has 98 valence electrons. The molecule has 0 aromatic heterocycles. The largest absolute Gasteiger partial charge is 0.373 e. The van der Waals surface area contributed by atoms with Gasteiger partial charge in [-0.05, 0) is 25.5 Å². The van der Waals surface area contributed by atoms with Gasteiger partial charge in [-0.2, -0.15) is 0 Å². The van der Waals surface area contributed by atoms with E-state index in [9.17, 15) is 4.39 Å². The number of benzene rings is 1. The van der Waals surface area contributed by atoms with Crippen molar-refractivity contribution >= 4 is 0 Å². The van der Waals surface area contributed by atoms with Crippen molar-refractivity contribution in [2.75, 3.05) is 19.7 Å². The molecule has 2 aliphatic rings. The van der Waals surface area contributed by atoms with E-state index >= 15 is 0 Å². The standard InChI is InChI=1S/C14H19FN2O/c15-12-6-2-1-5-11(12)14(16)13-8-17-7-3-4-10(17)9-18-13/h1-2,5-6,10,13-14H,3-4,7-9,16H2. The molecule has 0 aliphatic carbocycles. The zero-order valence-corrected chi connectivity index (χ0v) is 10.4. The molecule has 2 fully saturated rings. The van der Waals surface area contributed by atoms with Gasteiger partial charge in [0.2, 0.25) is 0 Å². The Kier molecular flexibility index (Phi) is 3.33. The second-order valence-corrected chi connectivity index (χ2v) is 5.21. The van der Waals surface area contributed by atoms with Gasteiger partial charge in [-0.25, -0.2) is 4.39 Å². The molecular formula is C14H19FN2O. The van der Waals surface area contributed by atoms with E-state index in [1.807, 2.05) is 6.07 Å². The number of rotatable bonds is 2. The second-order valence-electron chi connectivity index (χ2n) is 5.21. The Morgan fingerprint density at radius 2 is 2.22 bits per heavy atom. The first kappa shape index (κ1) is 12.1. The van der Waals surface area contributed by atoms with Crippen LogP contribution in [0.15, 0.2) is 24.3 Å². The fourth-order valence-electron chi connectivity index (χ4n) is 3.01. The number of morpholine rings is 1. The van der Waals surface area contributed by atoms with Gasteiger partial charge in [0.15, 0.2) is 0 Å². The van der Waals surface area contributed by atoms with Crippen molar-refractivity contribution in [1.29, 1.82) is 0 Å². The molecule has 2 saturated heterocycles. The maximum absolute atomic E-state index is 13.7. The normalized spacial score (nSPS) is 30.1. The van der Waals surface area contributed by atoms with Gasteiger partial charge in [-0.15, -0.1) is 0 Å². The van der Waals surface area contributed by atoms with Crippen LogP contribution in [-0.4, -0.2) is 36.7 Å². The highest BCUT2D eigenvalue weighted by molar-refractivity contribution is 5.22. The summed E-state index contributed by atoms with van der Waals surface area (Å²) >= 11 is 0. The van der Waals surface area contributed by atoms with Crippen LogP contribution in [-0.2, 0) is 4.74 Å². The topological polar surface area (TPSA) is 38.5 Å². The Morgan fingerprint density at radius 3 is 3.06 bits per heavy atom. The number of nitrogens with zero attached hydrogens (tertiary/aromatic N) is 1. The quantitative estimate of drug-likeness (QED) is 0.868. The predicted molar refractivity (Wildman–Crippen MR) is 67.7 cm³/mol. The van der Waals surface area contributed by atoms with E-state index in [1.165, 1.54) is 18.9 Å². The molecule has 2 heterocycles. The van der Waals surface area contributed by atoms with Crippen LogP contribution < -0.4 is 5.73 Å². The Bertz CT molecular complexity index is 426. The van der Waals surface area contributed by atoms with Gasteiger partial charge in [0.25, 0.3) is 0 Å².